The summed E-state index contributed by atoms with van der Waals surface area (Å²) in [6.45, 7) is 5.78. The zero-order valence-corrected chi connectivity index (χ0v) is 21.6. The Balaban J connectivity index is 0.00000420. The van der Waals surface area contributed by atoms with E-state index >= 15 is 0 Å². The van der Waals surface area contributed by atoms with Crippen molar-refractivity contribution in [2.24, 2.45) is 0 Å². The zero-order chi connectivity index (χ0) is 27.1. The van der Waals surface area contributed by atoms with E-state index in [9.17, 15) is 18.0 Å². The predicted molar refractivity (Wildman–Crippen MR) is 147 cm³/mol. The number of hydrogen-bond donors (Lipinski definition) is 1. The van der Waals surface area contributed by atoms with Crippen molar-refractivity contribution in [3.63, 3.8) is 0 Å². The molecule has 2 aromatic carbocycles. The summed E-state index contributed by atoms with van der Waals surface area (Å²) < 4.78 is 45.1. The lowest BCUT2D eigenvalue weighted by Gasteiger charge is -2.36. The Morgan fingerprint density at radius 2 is 1.62 bits per heavy atom. The number of methoxy groups -OCH3 is 1. The number of nitrogens with zero attached hydrogens (tertiary/aromatic N) is 4. The van der Waals surface area contributed by atoms with Crippen LogP contribution in [-0.4, -0.2) is 69.8 Å². The van der Waals surface area contributed by atoms with Crippen LogP contribution in [0.2, 0.25) is 0 Å². The number of alkyl halides is 3. The number of piperidine rings is 1. The lowest BCUT2D eigenvalue weighted by molar-refractivity contribution is -0.137. The van der Waals surface area contributed by atoms with Crippen LogP contribution >= 0.6 is 0 Å². The summed E-state index contributed by atoms with van der Waals surface area (Å²) in [5.41, 5.74) is 0.363. The minimum Gasteiger partial charge on any atom is -0.497 e. The number of ether oxygens (including phenoxy) is 1. The molecule has 10 heteroatoms. The molecule has 0 bridgehead atoms. The van der Waals surface area contributed by atoms with Crippen molar-refractivity contribution >= 4 is 17.3 Å². The van der Waals surface area contributed by atoms with Gasteiger partial charge in [0, 0.05) is 63.1 Å². The van der Waals surface area contributed by atoms with E-state index in [0.29, 0.717) is 38.0 Å². The van der Waals surface area contributed by atoms with Crippen LogP contribution in [0.4, 0.5) is 24.5 Å². The zero-order valence-electron chi connectivity index (χ0n) is 21.6. The summed E-state index contributed by atoms with van der Waals surface area (Å²) in [6.07, 6.45) is -1.99. The monoisotopic (exact) mass is 545 g/mol. The first-order chi connectivity index (χ1) is 18.3. The van der Waals surface area contributed by atoms with Crippen LogP contribution in [0, 0.1) is 11.3 Å². The maximum atomic E-state index is 13.3. The topological polar surface area (TPSA) is 71.8 Å². The number of amides is 1. The molecular formula is C29H38F3N5O2. The number of carbonyl (C=O) groups excluding carboxylic acids is 1. The normalized spacial score (nSPS) is 16.8. The van der Waals surface area contributed by atoms with Crippen LogP contribution in [0.25, 0.3) is 0 Å². The molecule has 2 aliphatic rings. The number of hydrogen-bond acceptors (Lipinski definition) is 6. The van der Waals surface area contributed by atoms with Gasteiger partial charge in [0.1, 0.15) is 5.75 Å². The molecule has 2 heterocycles. The van der Waals surface area contributed by atoms with Crippen molar-refractivity contribution < 1.29 is 22.7 Å². The molecule has 4 rings (SSSR count). The molecule has 2 aliphatic heterocycles. The summed E-state index contributed by atoms with van der Waals surface area (Å²) >= 11 is 0. The van der Waals surface area contributed by atoms with E-state index in [0.717, 1.165) is 51.0 Å². The van der Waals surface area contributed by atoms with E-state index < -0.39 is 11.7 Å². The average Bonchev–Trinajstić information content (AvgIpc) is 2.93. The third kappa shape index (κ3) is 8.02. The smallest absolute Gasteiger partial charge is 0.417 e. The van der Waals surface area contributed by atoms with Gasteiger partial charge in [-0.2, -0.15) is 18.4 Å². The van der Waals surface area contributed by atoms with Crippen LogP contribution in [-0.2, 0) is 11.0 Å². The maximum absolute atomic E-state index is 13.3. The highest BCUT2D eigenvalue weighted by Crippen LogP contribution is 2.35. The molecule has 0 aliphatic carbocycles. The molecule has 1 N–H and O–H groups in total. The van der Waals surface area contributed by atoms with E-state index in [1.807, 2.05) is 17.0 Å². The third-order valence-corrected chi connectivity index (χ3v) is 7.34. The van der Waals surface area contributed by atoms with Gasteiger partial charge in [0.15, 0.2) is 0 Å². The van der Waals surface area contributed by atoms with E-state index in [-0.39, 0.29) is 24.9 Å². The first-order valence-corrected chi connectivity index (χ1v) is 13.0. The van der Waals surface area contributed by atoms with Crippen LogP contribution in [0.1, 0.15) is 44.2 Å². The van der Waals surface area contributed by atoms with E-state index in [4.69, 9.17) is 10.00 Å². The highest BCUT2D eigenvalue weighted by atomic mass is 19.4. The number of nitriles is 1. The van der Waals surface area contributed by atoms with E-state index in [1.165, 1.54) is 11.8 Å². The van der Waals surface area contributed by atoms with Gasteiger partial charge in [-0.25, -0.2) is 0 Å². The van der Waals surface area contributed by atoms with Crippen molar-refractivity contribution in [3.05, 3.63) is 53.6 Å². The predicted octanol–water partition coefficient (Wildman–Crippen LogP) is 4.91. The first-order valence-electron chi connectivity index (χ1n) is 13.0. The first kappa shape index (κ1) is 30.1. The summed E-state index contributed by atoms with van der Waals surface area (Å²) in [6, 6.07) is 13.6. The SMILES string of the molecule is C.COc1ccc(N2CCN(CCCC(=O)NC3CCN(c4ccc(C#N)c(C(F)(F)F)c4)CC3)CC2)cc1. The van der Waals surface area contributed by atoms with Gasteiger partial charge in [-0.3, -0.25) is 9.69 Å². The number of halogens is 3. The highest BCUT2D eigenvalue weighted by molar-refractivity contribution is 5.76. The Hall–Kier alpha value is -3.45. The molecule has 0 atom stereocenters. The molecule has 7 nitrogen and oxygen atoms in total. The molecule has 0 aromatic heterocycles. The molecule has 2 aromatic rings. The number of benzene rings is 2. The Bertz CT molecular complexity index is 1120. The molecule has 2 fully saturated rings. The minimum atomic E-state index is -4.57. The van der Waals surface area contributed by atoms with Crippen molar-refractivity contribution in [1.82, 2.24) is 10.2 Å². The number of piperazine rings is 1. The highest BCUT2D eigenvalue weighted by Gasteiger charge is 2.34. The molecular weight excluding hydrogens is 507 g/mol. The van der Waals surface area contributed by atoms with E-state index in [2.05, 4.69) is 27.2 Å². The van der Waals surface area contributed by atoms with Gasteiger partial charge in [-0.1, -0.05) is 7.43 Å². The molecule has 2 saturated heterocycles. The van der Waals surface area contributed by atoms with Gasteiger partial charge < -0.3 is 19.9 Å². The van der Waals surface area contributed by atoms with Crippen molar-refractivity contribution in [3.8, 4) is 11.8 Å². The molecule has 39 heavy (non-hydrogen) atoms. The van der Waals surface area contributed by atoms with E-state index in [1.54, 1.807) is 19.2 Å². The number of carbonyl (C=O) groups is 1. The summed E-state index contributed by atoms with van der Waals surface area (Å²) in [7, 11) is 1.66. The fourth-order valence-corrected chi connectivity index (χ4v) is 5.13. The Morgan fingerprint density at radius 3 is 2.21 bits per heavy atom. The average molecular weight is 546 g/mol. The van der Waals surface area contributed by atoms with Gasteiger partial charge >= 0.3 is 6.18 Å². The molecule has 212 valence electrons. The minimum absolute atomic E-state index is 0. The second kappa shape index (κ2) is 13.6. The van der Waals surface area contributed by atoms with Gasteiger partial charge in [0.05, 0.1) is 24.3 Å². The maximum Gasteiger partial charge on any atom is 0.417 e. The fraction of sp³-hybridized carbons (Fsp3) is 0.517. The van der Waals surface area contributed by atoms with Crippen molar-refractivity contribution in [1.29, 1.82) is 5.26 Å². The molecule has 1 amide bonds. The second-order valence-electron chi connectivity index (χ2n) is 9.80. The molecule has 0 saturated carbocycles. The quantitative estimate of drug-likeness (QED) is 0.509. The van der Waals surface area contributed by atoms with Crippen LogP contribution in [0.15, 0.2) is 42.5 Å². The Kier molecular flexibility index (Phi) is 10.5. The van der Waals surface area contributed by atoms with Gasteiger partial charge in [0.25, 0.3) is 0 Å². The number of nitrogens with one attached hydrogen (secondary N) is 1. The largest absolute Gasteiger partial charge is 0.497 e. The molecule has 0 radical (unpaired) electrons. The van der Waals surface area contributed by atoms with Gasteiger partial charge in [-0.05, 0) is 68.3 Å². The number of anilines is 2. The van der Waals surface area contributed by atoms with Crippen molar-refractivity contribution in [2.45, 2.75) is 45.3 Å². The van der Waals surface area contributed by atoms with Crippen LogP contribution in [0.5, 0.6) is 5.75 Å². The summed E-state index contributed by atoms with van der Waals surface area (Å²) in [4.78, 5) is 19.1. The summed E-state index contributed by atoms with van der Waals surface area (Å²) in [5.74, 6) is 0.875. The molecule has 0 spiro atoms. The Labute approximate surface area is 229 Å². The molecule has 0 unspecified atom stereocenters. The standard InChI is InChI=1S/C28H34F3N5O2.CH4/c1-38-25-8-6-23(7-9-25)36-17-15-34(16-18-36)12-2-3-27(37)33-22-10-13-35(14-11-22)24-5-4-21(20-32)26(19-24)28(29,30)31;/h4-9,19,22H,2-3,10-18H2,1H3,(H,33,37);1H4. The third-order valence-electron chi connectivity index (χ3n) is 7.34. The lowest BCUT2D eigenvalue weighted by atomic mass is 10.0. The van der Waals surface area contributed by atoms with Gasteiger partial charge in [0.2, 0.25) is 5.91 Å². The van der Waals surface area contributed by atoms with Crippen molar-refractivity contribution in [2.75, 3.05) is 62.7 Å². The summed E-state index contributed by atoms with van der Waals surface area (Å²) in [5, 5.41) is 12.1. The number of rotatable bonds is 8. The Morgan fingerprint density at radius 1 is 1.00 bits per heavy atom. The lowest BCUT2D eigenvalue weighted by Crippen LogP contribution is -2.47. The fourth-order valence-electron chi connectivity index (χ4n) is 5.13. The van der Waals surface area contributed by atoms with Crippen LogP contribution < -0.4 is 19.9 Å². The second-order valence-corrected chi connectivity index (χ2v) is 9.80. The van der Waals surface area contributed by atoms with Gasteiger partial charge in [-0.15, -0.1) is 0 Å². The van der Waals surface area contributed by atoms with Crippen LogP contribution in [0.3, 0.4) is 0 Å².